The highest BCUT2D eigenvalue weighted by atomic mass is 79.9. The minimum Gasteiger partial charge on any atom is -0.490 e. The van der Waals surface area contributed by atoms with Gasteiger partial charge < -0.3 is 19.5 Å². The zero-order valence-corrected chi connectivity index (χ0v) is 13.8. The normalized spacial score (nSPS) is 21.9. The smallest absolute Gasteiger partial charge is 0.175 e. The molecule has 2 heterocycles. The van der Waals surface area contributed by atoms with E-state index in [0.29, 0.717) is 19.3 Å². The Morgan fingerprint density at radius 3 is 2.86 bits per heavy atom. The van der Waals surface area contributed by atoms with Crippen LogP contribution in [0.2, 0.25) is 0 Å². The van der Waals surface area contributed by atoms with Crippen LogP contribution in [0.1, 0.15) is 31.2 Å². The van der Waals surface area contributed by atoms with Crippen molar-refractivity contribution in [3.8, 4) is 11.5 Å². The highest BCUT2D eigenvalue weighted by molar-refractivity contribution is 9.10. The van der Waals surface area contributed by atoms with Gasteiger partial charge in [-0.15, -0.1) is 0 Å². The molecule has 0 saturated carbocycles. The Balaban J connectivity index is 1.57. The molecule has 0 radical (unpaired) electrons. The minimum absolute atomic E-state index is 0.364. The number of halogens is 1. The maximum atomic E-state index is 5.76. The lowest BCUT2D eigenvalue weighted by molar-refractivity contribution is 0.0168. The molecular formula is C16H22BrNO3. The first-order valence-electron chi connectivity index (χ1n) is 7.73. The summed E-state index contributed by atoms with van der Waals surface area (Å²) in [4.78, 5) is 0. The van der Waals surface area contributed by atoms with E-state index in [1.165, 1.54) is 18.4 Å². The van der Waals surface area contributed by atoms with Crippen LogP contribution in [-0.2, 0) is 11.3 Å². The first-order valence-corrected chi connectivity index (χ1v) is 8.52. The van der Waals surface area contributed by atoms with Crippen LogP contribution in [0.25, 0.3) is 0 Å². The van der Waals surface area contributed by atoms with Crippen LogP contribution in [0, 0.1) is 0 Å². The van der Waals surface area contributed by atoms with Gasteiger partial charge in [-0.3, -0.25) is 0 Å². The summed E-state index contributed by atoms with van der Waals surface area (Å²) >= 11 is 3.58. The van der Waals surface area contributed by atoms with Crippen LogP contribution < -0.4 is 14.8 Å². The number of benzene rings is 1. The lowest BCUT2D eigenvalue weighted by atomic mass is 10.1. The van der Waals surface area contributed by atoms with Gasteiger partial charge in [0.25, 0.3) is 0 Å². The van der Waals surface area contributed by atoms with Crippen LogP contribution in [0.15, 0.2) is 16.6 Å². The first-order chi connectivity index (χ1) is 10.3. The van der Waals surface area contributed by atoms with E-state index in [0.717, 1.165) is 48.5 Å². The van der Waals surface area contributed by atoms with E-state index in [2.05, 4.69) is 33.4 Å². The van der Waals surface area contributed by atoms with E-state index < -0.39 is 0 Å². The molecule has 2 aliphatic heterocycles. The fraction of sp³-hybridized carbons (Fsp3) is 0.625. The van der Waals surface area contributed by atoms with E-state index in [1.807, 2.05) is 0 Å². The molecule has 1 saturated heterocycles. The van der Waals surface area contributed by atoms with Gasteiger partial charge in [0.15, 0.2) is 11.5 Å². The Kier molecular flexibility index (Phi) is 5.38. The topological polar surface area (TPSA) is 39.7 Å². The monoisotopic (exact) mass is 355 g/mol. The average molecular weight is 356 g/mol. The fourth-order valence-corrected chi connectivity index (χ4v) is 3.34. The largest absolute Gasteiger partial charge is 0.490 e. The molecule has 5 heteroatoms. The third-order valence-electron chi connectivity index (χ3n) is 3.84. The number of rotatable bonds is 4. The Hall–Kier alpha value is -0.780. The van der Waals surface area contributed by atoms with Crippen molar-refractivity contribution < 1.29 is 14.2 Å². The van der Waals surface area contributed by atoms with Gasteiger partial charge in [-0.05, 0) is 52.9 Å². The molecule has 0 aliphatic carbocycles. The van der Waals surface area contributed by atoms with Crippen molar-refractivity contribution in [2.45, 2.75) is 38.3 Å². The zero-order valence-electron chi connectivity index (χ0n) is 12.2. The fourth-order valence-electron chi connectivity index (χ4n) is 2.73. The highest BCUT2D eigenvalue weighted by Gasteiger charge is 2.16. The summed E-state index contributed by atoms with van der Waals surface area (Å²) < 4.78 is 18.2. The summed E-state index contributed by atoms with van der Waals surface area (Å²) in [7, 11) is 0. The Bertz CT molecular complexity index is 475. The summed E-state index contributed by atoms with van der Waals surface area (Å²) in [6.45, 7) is 4.05. The van der Waals surface area contributed by atoms with Crippen LogP contribution in [0.3, 0.4) is 0 Å². The Morgan fingerprint density at radius 1 is 1.10 bits per heavy atom. The van der Waals surface area contributed by atoms with Crippen LogP contribution in [0.4, 0.5) is 0 Å². The van der Waals surface area contributed by atoms with Gasteiger partial charge in [0.1, 0.15) is 0 Å². The quantitative estimate of drug-likeness (QED) is 0.899. The summed E-state index contributed by atoms with van der Waals surface area (Å²) in [6, 6.07) is 4.17. The SMILES string of the molecule is Brc1cc(CNCC2CCCCO2)cc2c1OCCCO2. The molecule has 21 heavy (non-hydrogen) atoms. The number of nitrogens with one attached hydrogen (secondary N) is 1. The van der Waals surface area contributed by atoms with Crippen molar-refractivity contribution in [1.82, 2.24) is 5.32 Å². The van der Waals surface area contributed by atoms with Crippen LogP contribution >= 0.6 is 15.9 Å². The van der Waals surface area contributed by atoms with E-state index >= 15 is 0 Å². The van der Waals surface area contributed by atoms with E-state index in [-0.39, 0.29) is 0 Å². The standard InChI is InChI=1S/C16H22BrNO3/c17-14-8-12(9-15-16(14)21-7-3-6-20-15)10-18-11-13-4-1-2-5-19-13/h8-9,13,18H,1-7,10-11H2. The van der Waals surface area contributed by atoms with Crippen LogP contribution in [0.5, 0.6) is 11.5 Å². The minimum atomic E-state index is 0.364. The third-order valence-corrected chi connectivity index (χ3v) is 4.43. The number of ether oxygens (including phenoxy) is 3. The maximum Gasteiger partial charge on any atom is 0.175 e. The molecule has 116 valence electrons. The zero-order chi connectivity index (χ0) is 14.5. The molecule has 1 fully saturated rings. The van der Waals surface area contributed by atoms with Crippen molar-refractivity contribution in [2.75, 3.05) is 26.4 Å². The summed E-state index contributed by atoms with van der Waals surface area (Å²) in [5.41, 5.74) is 1.20. The van der Waals surface area contributed by atoms with Gasteiger partial charge >= 0.3 is 0 Å². The molecule has 4 nitrogen and oxygen atoms in total. The Morgan fingerprint density at radius 2 is 2.00 bits per heavy atom. The van der Waals surface area contributed by atoms with E-state index in [4.69, 9.17) is 14.2 Å². The first kappa shape index (κ1) is 15.1. The van der Waals surface area contributed by atoms with Crippen LogP contribution in [-0.4, -0.2) is 32.5 Å². The molecule has 1 unspecified atom stereocenters. The number of hydrogen-bond donors (Lipinski definition) is 1. The van der Waals surface area contributed by atoms with Gasteiger partial charge in [-0.2, -0.15) is 0 Å². The molecule has 0 spiro atoms. The lowest BCUT2D eigenvalue weighted by Crippen LogP contribution is -2.31. The van der Waals surface area contributed by atoms with Gasteiger partial charge in [0.05, 0.1) is 23.8 Å². The van der Waals surface area contributed by atoms with Crippen molar-refractivity contribution in [3.05, 3.63) is 22.2 Å². The number of hydrogen-bond acceptors (Lipinski definition) is 4. The molecule has 1 N–H and O–H groups in total. The second kappa shape index (κ2) is 7.47. The molecule has 0 bridgehead atoms. The predicted molar refractivity (Wildman–Crippen MR) is 85.0 cm³/mol. The lowest BCUT2D eigenvalue weighted by Gasteiger charge is -2.23. The molecular weight excluding hydrogens is 334 g/mol. The second-order valence-electron chi connectivity index (χ2n) is 5.57. The van der Waals surface area contributed by atoms with Crippen molar-refractivity contribution >= 4 is 15.9 Å². The van der Waals surface area contributed by atoms with Crippen molar-refractivity contribution in [3.63, 3.8) is 0 Å². The highest BCUT2D eigenvalue weighted by Crippen LogP contribution is 2.38. The third kappa shape index (κ3) is 4.11. The average Bonchev–Trinajstić information content (AvgIpc) is 2.74. The van der Waals surface area contributed by atoms with Gasteiger partial charge in [0.2, 0.25) is 0 Å². The summed E-state index contributed by atoms with van der Waals surface area (Å²) in [5.74, 6) is 1.67. The molecule has 1 atom stereocenters. The van der Waals surface area contributed by atoms with Gasteiger partial charge in [0, 0.05) is 26.1 Å². The Labute approximate surface area is 134 Å². The molecule has 1 aromatic carbocycles. The molecule has 0 amide bonds. The van der Waals surface area contributed by atoms with Crippen molar-refractivity contribution in [2.24, 2.45) is 0 Å². The summed E-state index contributed by atoms with van der Waals surface area (Å²) in [6.07, 6.45) is 4.93. The molecule has 0 aromatic heterocycles. The maximum absolute atomic E-state index is 5.76. The van der Waals surface area contributed by atoms with Gasteiger partial charge in [-0.1, -0.05) is 0 Å². The van der Waals surface area contributed by atoms with E-state index in [9.17, 15) is 0 Å². The van der Waals surface area contributed by atoms with Crippen molar-refractivity contribution in [1.29, 1.82) is 0 Å². The molecule has 2 aliphatic rings. The predicted octanol–water partition coefficient (Wildman–Crippen LogP) is 3.27. The summed E-state index contributed by atoms with van der Waals surface area (Å²) in [5, 5.41) is 3.48. The second-order valence-corrected chi connectivity index (χ2v) is 6.43. The number of fused-ring (bicyclic) bond motifs is 1. The van der Waals surface area contributed by atoms with E-state index in [1.54, 1.807) is 0 Å². The van der Waals surface area contributed by atoms with Gasteiger partial charge in [-0.25, -0.2) is 0 Å². The molecule has 3 rings (SSSR count). The molecule has 1 aromatic rings.